The smallest absolute Gasteiger partial charge is 0.315 e. The number of ether oxygens (including phenoxy) is 2. The van der Waals surface area contributed by atoms with Crippen molar-refractivity contribution in [1.29, 1.82) is 0 Å². The van der Waals surface area contributed by atoms with E-state index in [4.69, 9.17) is 9.47 Å². The number of carbonyl (C=O) groups excluding carboxylic acids is 1. The Bertz CT molecular complexity index is 909. The van der Waals surface area contributed by atoms with Crippen LogP contribution in [-0.2, 0) is 13.0 Å². The largest absolute Gasteiger partial charge is 0.497 e. The van der Waals surface area contributed by atoms with Crippen LogP contribution in [0.1, 0.15) is 18.3 Å². The van der Waals surface area contributed by atoms with Gasteiger partial charge in [0.15, 0.2) is 5.82 Å². The molecule has 2 N–H and O–H groups in total. The quantitative estimate of drug-likeness (QED) is 0.574. The first-order chi connectivity index (χ1) is 14.2. The Morgan fingerprint density at radius 2 is 1.76 bits per heavy atom. The fourth-order valence-corrected chi connectivity index (χ4v) is 2.70. The van der Waals surface area contributed by atoms with Crippen LogP contribution in [0.25, 0.3) is 5.69 Å². The molecule has 0 fully saturated rings. The zero-order valence-corrected chi connectivity index (χ0v) is 16.5. The van der Waals surface area contributed by atoms with Crippen LogP contribution in [0, 0.1) is 0 Å². The van der Waals surface area contributed by atoms with Gasteiger partial charge < -0.3 is 20.1 Å². The van der Waals surface area contributed by atoms with Gasteiger partial charge in [-0.3, -0.25) is 0 Å². The molecule has 0 saturated heterocycles. The number of urea groups is 1. The molecule has 0 spiro atoms. The third-order valence-electron chi connectivity index (χ3n) is 4.19. The van der Waals surface area contributed by atoms with Gasteiger partial charge in [0, 0.05) is 6.54 Å². The zero-order chi connectivity index (χ0) is 20.5. The van der Waals surface area contributed by atoms with Crippen molar-refractivity contribution < 1.29 is 14.3 Å². The first kappa shape index (κ1) is 20.1. The van der Waals surface area contributed by atoms with Gasteiger partial charge >= 0.3 is 6.03 Å². The molecule has 29 heavy (non-hydrogen) atoms. The molecule has 0 radical (unpaired) electrons. The summed E-state index contributed by atoms with van der Waals surface area (Å²) in [4.78, 5) is 12.1. The fourth-order valence-electron chi connectivity index (χ4n) is 2.70. The van der Waals surface area contributed by atoms with Gasteiger partial charge in [0.2, 0.25) is 0 Å². The highest BCUT2D eigenvalue weighted by Crippen LogP contribution is 2.15. The Balaban J connectivity index is 1.47. The van der Waals surface area contributed by atoms with Crippen molar-refractivity contribution in [3.05, 3.63) is 59.9 Å². The predicted molar refractivity (Wildman–Crippen MR) is 107 cm³/mol. The molecule has 0 aliphatic heterocycles. The van der Waals surface area contributed by atoms with Gasteiger partial charge in [0.25, 0.3) is 0 Å². The highest BCUT2D eigenvalue weighted by atomic mass is 16.5. The first-order valence-corrected chi connectivity index (χ1v) is 9.34. The van der Waals surface area contributed by atoms with Crippen molar-refractivity contribution in [3.8, 4) is 17.2 Å². The molecule has 0 saturated carbocycles. The van der Waals surface area contributed by atoms with Crippen LogP contribution in [0.5, 0.6) is 11.5 Å². The second kappa shape index (κ2) is 10.1. The van der Waals surface area contributed by atoms with E-state index in [1.165, 1.54) is 0 Å². The topological polar surface area (TPSA) is 103 Å². The number of benzene rings is 2. The van der Waals surface area contributed by atoms with Crippen molar-refractivity contribution >= 4 is 6.03 Å². The van der Waals surface area contributed by atoms with E-state index in [0.29, 0.717) is 19.0 Å². The van der Waals surface area contributed by atoms with Gasteiger partial charge in [-0.25, -0.2) is 4.79 Å². The van der Waals surface area contributed by atoms with Crippen molar-refractivity contribution in [2.24, 2.45) is 0 Å². The van der Waals surface area contributed by atoms with E-state index < -0.39 is 0 Å². The highest BCUT2D eigenvalue weighted by molar-refractivity contribution is 5.73. The number of nitrogens with zero attached hydrogens (tertiary/aromatic N) is 4. The third kappa shape index (κ3) is 5.68. The summed E-state index contributed by atoms with van der Waals surface area (Å²) in [7, 11) is 1.63. The minimum Gasteiger partial charge on any atom is -0.497 e. The number of nitrogens with one attached hydrogen (secondary N) is 2. The lowest BCUT2D eigenvalue weighted by atomic mass is 10.1. The van der Waals surface area contributed by atoms with E-state index in [1.54, 1.807) is 11.8 Å². The van der Waals surface area contributed by atoms with Crippen LogP contribution >= 0.6 is 0 Å². The maximum Gasteiger partial charge on any atom is 0.315 e. The summed E-state index contributed by atoms with van der Waals surface area (Å²) in [6.07, 6.45) is 0.724. The number of hydrogen-bond donors (Lipinski definition) is 2. The Morgan fingerprint density at radius 1 is 1.03 bits per heavy atom. The van der Waals surface area contributed by atoms with Gasteiger partial charge in [-0.1, -0.05) is 12.1 Å². The van der Waals surface area contributed by atoms with Gasteiger partial charge in [-0.15, -0.1) is 5.10 Å². The summed E-state index contributed by atoms with van der Waals surface area (Å²) in [5.41, 5.74) is 1.90. The number of amides is 2. The van der Waals surface area contributed by atoms with Crippen molar-refractivity contribution in [1.82, 2.24) is 30.8 Å². The predicted octanol–water partition coefficient (Wildman–Crippen LogP) is 2.11. The van der Waals surface area contributed by atoms with Crippen molar-refractivity contribution in [3.63, 3.8) is 0 Å². The molecule has 3 aromatic rings. The standard InChI is InChI=1S/C20H24N6O3/c1-3-29-18-10-6-16(7-11-18)26-19(23-24-25-26)14-22-20(27)21-13-12-15-4-8-17(28-2)9-5-15/h4-11H,3,12-14H2,1-2H3,(H2,21,22,27). The van der Waals surface area contributed by atoms with E-state index in [2.05, 4.69) is 26.2 Å². The van der Waals surface area contributed by atoms with E-state index in [-0.39, 0.29) is 12.6 Å². The number of hydrogen-bond acceptors (Lipinski definition) is 6. The van der Waals surface area contributed by atoms with E-state index in [1.807, 2.05) is 55.5 Å². The van der Waals surface area contributed by atoms with Crippen LogP contribution in [0.4, 0.5) is 4.79 Å². The molecule has 0 aliphatic carbocycles. The molecule has 9 heteroatoms. The van der Waals surface area contributed by atoms with E-state index >= 15 is 0 Å². The maximum atomic E-state index is 12.1. The molecule has 0 atom stereocenters. The van der Waals surface area contributed by atoms with Crippen molar-refractivity contribution in [2.45, 2.75) is 19.9 Å². The summed E-state index contributed by atoms with van der Waals surface area (Å²) in [5.74, 6) is 2.12. The van der Waals surface area contributed by atoms with Crippen LogP contribution in [0.2, 0.25) is 0 Å². The van der Waals surface area contributed by atoms with Gasteiger partial charge in [-0.05, 0) is 65.7 Å². The lowest BCUT2D eigenvalue weighted by Crippen LogP contribution is -2.36. The Hall–Kier alpha value is -3.62. The van der Waals surface area contributed by atoms with Gasteiger partial charge in [0.1, 0.15) is 11.5 Å². The van der Waals surface area contributed by atoms with Crippen LogP contribution in [0.3, 0.4) is 0 Å². The number of methoxy groups -OCH3 is 1. The monoisotopic (exact) mass is 396 g/mol. The second-order valence-corrected chi connectivity index (χ2v) is 6.14. The lowest BCUT2D eigenvalue weighted by molar-refractivity contribution is 0.240. The maximum absolute atomic E-state index is 12.1. The molecule has 2 aromatic carbocycles. The molecular formula is C20H24N6O3. The zero-order valence-electron chi connectivity index (χ0n) is 16.5. The van der Waals surface area contributed by atoms with Crippen LogP contribution < -0.4 is 20.1 Å². The number of tetrazole rings is 1. The Labute approximate surface area is 169 Å². The van der Waals surface area contributed by atoms with Crippen LogP contribution in [-0.4, -0.2) is 46.5 Å². The van der Waals surface area contributed by atoms with E-state index in [9.17, 15) is 4.79 Å². The molecule has 0 bridgehead atoms. The fraction of sp³-hybridized carbons (Fsp3) is 0.300. The minimum absolute atomic E-state index is 0.203. The summed E-state index contributed by atoms with van der Waals surface area (Å²) in [6, 6.07) is 14.9. The van der Waals surface area contributed by atoms with Gasteiger partial charge in [0.05, 0.1) is 25.9 Å². The molecule has 0 unspecified atom stereocenters. The summed E-state index contributed by atoms with van der Waals surface area (Å²) < 4.78 is 12.1. The average Bonchev–Trinajstić information content (AvgIpc) is 3.22. The molecule has 3 rings (SSSR count). The molecule has 1 aromatic heterocycles. The number of rotatable bonds is 9. The SMILES string of the molecule is CCOc1ccc(-n2nnnc2CNC(=O)NCCc2ccc(OC)cc2)cc1. The summed E-state index contributed by atoms with van der Waals surface area (Å²) >= 11 is 0. The average molecular weight is 396 g/mol. The lowest BCUT2D eigenvalue weighted by Gasteiger charge is -2.09. The van der Waals surface area contributed by atoms with Crippen LogP contribution in [0.15, 0.2) is 48.5 Å². The summed E-state index contributed by atoms with van der Waals surface area (Å²) in [6.45, 7) is 3.25. The van der Waals surface area contributed by atoms with E-state index in [0.717, 1.165) is 29.2 Å². The minimum atomic E-state index is -0.278. The first-order valence-electron chi connectivity index (χ1n) is 9.34. The Morgan fingerprint density at radius 3 is 2.45 bits per heavy atom. The highest BCUT2D eigenvalue weighted by Gasteiger charge is 2.10. The molecule has 0 aliphatic rings. The molecule has 2 amide bonds. The number of carbonyl (C=O) groups is 1. The summed E-state index contributed by atoms with van der Waals surface area (Å²) in [5, 5.41) is 17.3. The molecular weight excluding hydrogens is 372 g/mol. The molecule has 1 heterocycles. The van der Waals surface area contributed by atoms with Gasteiger partial charge in [-0.2, -0.15) is 4.68 Å². The third-order valence-corrected chi connectivity index (χ3v) is 4.19. The molecule has 152 valence electrons. The second-order valence-electron chi connectivity index (χ2n) is 6.14. The Kier molecular flexibility index (Phi) is 6.99. The molecule has 9 nitrogen and oxygen atoms in total. The van der Waals surface area contributed by atoms with Crippen molar-refractivity contribution in [2.75, 3.05) is 20.3 Å². The normalized spacial score (nSPS) is 10.4. The number of aromatic nitrogens is 4.